The molecule has 1 saturated carbocycles. The van der Waals surface area contributed by atoms with Crippen molar-refractivity contribution < 1.29 is 0 Å². The van der Waals surface area contributed by atoms with Gasteiger partial charge >= 0.3 is 0 Å². The zero-order chi connectivity index (χ0) is 9.15. The first-order valence-electron chi connectivity index (χ1n) is 4.35. The van der Waals surface area contributed by atoms with Crippen LogP contribution in [0.25, 0.3) is 0 Å². The lowest BCUT2D eigenvalue weighted by molar-refractivity contribution is 0.681. The summed E-state index contributed by atoms with van der Waals surface area (Å²) in [6.45, 7) is 0. The predicted molar refractivity (Wildman–Crippen MR) is 58.3 cm³/mol. The molecule has 13 heavy (non-hydrogen) atoms. The van der Waals surface area contributed by atoms with Gasteiger partial charge in [0, 0.05) is 18.1 Å². The first-order chi connectivity index (χ1) is 6.35. The second kappa shape index (κ2) is 3.88. The first-order valence-corrected chi connectivity index (χ1v) is 5.97. The van der Waals surface area contributed by atoms with E-state index in [1.165, 1.54) is 12.8 Å². The van der Waals surface area contributed by atoms with E-state index in [0.717, 1.165) is 16.7 Å². The molecular weight excluding hydrogens is 200 g/mol. The lowest BCUT2D eigenvalue weighted by Crippen LogP contribution is -2.05. The predicted octanol–water partition coefficient (Wildman–Crippen LogP) is 2.28. The lowest BCUT2D eigenvalue weighted by atomic mass is 10.2. The molecule has 0 aromatic carbocycles. The molecule has 1 aliphatic carbocycles. The van der Waals surface area contributed by atoms with E-state index in [2.05, 4.69) is 22.6 Å². The molecule has 0 atom stereocenters. The van der Waals surface area contributed by atoms with Crippen molar-refractivity contribution in [2.45, 2.75) is 18.0 Å². The van der Waals surface area contributed by atoms with E-state index < -0.39 is 0 Å². The number of hydrogen-bond acceptors (Lipinski definition) is 4. The summed E-state index contributed by atoms with van der Waals surface area (Å²) in [5.74, 6) is 2.10. The normalized spacial score (nSPS) is 18.5. The fourth-order valence-corrected chi connectivity index (χ4v) is 2.78. The molecule has 70 valence electrons. The molecule has 4 heteroatoms. The largest absolute Gasteiger partial charge is 0.231 e. The Hall–Kier alpha value is -0.220. The highest BCUT2D eigenvalue weighted by Gasteiger charge is 2.41. The smallest absolute Gasteiger partial charge is 0.187 e. The molecule has 0 unspecified atom stereocenters. The van der Waals surface area contributed by atoms with E-state index in [4.69, 9.17) is 0 Å². The Morgan fingerprint density at radius 1 is 1.38 bits per heavy atom. The van der Waals surface area contributed by atoms with Gasteiger partial charge in [0.25, 0.3) is 0 Å². The Bertz CT molecular complexity index is 272. The van der Waals surface area contributed by atoms with Gasteiger partial charge in [-0.3, -0.25) is 0 Å². The summed E-state index contributed by atoms with van der Waals surface area (Å²) < 4.78 is 0. The highest BCUT2D eigenvalue weighted by Crippen LogP contribution is 2.49. The quantitative estimate of drug-likeness (QED) is 0.471. The van der Waals surface area contributed by atoms with E-state index in [-0.39, 0.29) is 0 Å². The van der Waals surface area contributed by atoms with Gasteiger partial charge in [0.1, 0.15) is 0 Å². The first kappa shape index (κ1) is 9.34. The summed E-state index contributed by atoms with van der Waals surface area (Å²) in [4.78, 5) is 8.34. The molecule has 1 heterocycles. The van der Waals surface area contributed by atoms with Crippen molar-refractivity contribution >= 4 is 24.4 Å². The maximum absolute atomic E-state index is 4.36. The summed E-state index contributed by atoms with van der Waals surface area (Å²) in [6, 6.07) is 1.84. The number of hydrogen-bond donors (Lipinski definition) is 1. The minimum atomic E-state index is 0.493. The molecule has 0 saturated heterocycles. The van der Waals surface area contributed by atoms with Gasteiger partial charge in [0.05, 0.1) is 0 Å². The Morgan fingerprint density at radius 3 is 2.62 bits per heavy atom. The van der Waals surface area contributed by atoms with E-state index in [9.17, 15) is 0 Å². The Balaban J connectivity index is 1.86. The van der Waals surface area contributed by atoms with Crippen molar-refractivity contribution in [1.82, 2.24) is 9.97 Å². The van der Waals surface area contributed by atoms with Crippen LogP contribution < -0.4 is 0 Å². The zero-order valence-corrected chi connectivity index (χ0v) is 9.02. The van der Waals surface area contributed by atoms with E-state index in [1.807, 2.05) is 6.07 Å². The molecule has 1 fully saturated rings. The summed E-state index contributed by atoms with van der Waals surface area (Å²) in [5.41, 5.74) is 0.493. The monoisotopic (exact) mass is 212 g/mol. The van der Waals surface area contributed by atoms with Gasteiger partial charge in [-0.1, -0.05) is 11.8 Å². The van der Waals surface area contributed by atoms with Crippen LogP contribution in [0.5, 0.6) is 0 Å². The molecule has 1 aliphatic rings. The zero-order valence-electron chi connectivity index (χ0n) is 7.31. The average molecular weight is 212 g/mol. The van der Waals surface area contributed by atoms with Crippen molar-refractivity contribution in [3.8, 4) is 0 Å². The fourth-order valence-electron chi connectivity index (χ4n) is 1.10. The third-order valence-corrected chi connectivity index (χ3v) is 4.24. The van der Waals surface area contributed by atoms with Crippen molar-refractivity contribution in [2.75, 3.05) is 11.5 Å². The maximum Gasteiger partial charge on any atom is 0.187 e. The number of nitrogens with zero attached hydrogens (tertiary/aromatic N) is 2. The molecule has 1 aromatic rings. The Kier molecular flexibility index (Phi) is 2.79. The van der Waals surface area contributed by atoms with Crippen LogP contribution in [0.15, 0.2) is 23.6 Å². The standard InChI is InChI=1S/C9H12N2S2/c12-6-9(2-3-9)7-13-8-10-4-1-5-11-8/h1,4-5,12H,2-3,6-7H2. The molecule has 0 bridgehead atoms. The van der Waals surface area contributed by atoms with Crippen molar-refractivity contribution in [2.24, 2.45) is 5.41 Å². The van der Waals surface area contributed by atoms with Crippen LogP contribution in [0.3, 0.4) is 0 Å². The van der Waals surface area contributed by atoms with Crippen molar-refractivity contribution in [1.29, 1.82) is 0 Å². The lowest BCUT2D eigenvalue weighted by Gasteiger charge is -2.08. The molecule has 2 rings (SSSR count). The van der Waals surface area contributed by atoms with Gasteiger partial charge in [-0.2, -0.15) is 12.6 Å². The second-order valence-electron chi connectivity index (χ2n) is 3.48. The van der Waals surface area contributed by atoms with Gasteiger partial charge in [0.2, 0.25) is 0 Å². The maximum atomic E-state index is 4.36. The second-order valence-corrected chi connectivity index (χ2v) is 4.74. The van der Waals surface area contributed by atoms with Crippen LogP contribution in [0.4, 0.5) is 0 Å². The molecule has 0 spiro atoms. The number of rotatable bonds is 4. The van der Waals surface area contributed by atoms with Gasteiger partial charge in [0.15, 0.2) is 5.16 Å². The van der Waals surface area contributed by atoms with Crippen molar-refractivity contribution in [3.05, 3.63) is 18.5 Å². The Morgan fingerprint density at radius 2 is 2.08 bits per heavy atom. The minimum absolute atomic E-state index is 0.493. The van der Waals surface area contributed by atoms with Crippen LogP contribution in [0, 0.1) is 5.41 Å². The third-order valence-electron chi connectivity index (χ3n) is 2.34. The molecule has 2 nitrogen and oxygen atoms in total. The van der Waals surface area contributed by atoms with Crippen LogP contribution in [0.2, 0.25) is 0 Å². The topological polar surface area (TPSA) is 25.8 Å². The van der Waals surface area contributed by atoms with Gasteiger partial charge in [-0.15, -0.1) is 0 Å². The summed E-state index contributed by atoms with van der Waals surface area (Å²) in [6.07, 6.45) is 6.21. The van der Waals surface area contributed by atoms with Crippen molar-refractivity contribution in [3.63, 3.8) is 0 Å². The van der Waals surface area contributed by atoms with Crippen LogP contribution in [-0.2, 0) is 0 Å². The Labute approximate surface area is 88.0 Å². The number of thiol groups is 1. The molecule has 0 N–H and O–H groups in total. The molecular formula is C9H12N2S2. The number of thioether (sulfide) groups is 1. The number of aromatic nitrogens is 2. The van der Waals surface area contributed by atoms with Crippen LogP contribution in [0.1, 0.15) is 12.8 Å². The molecule has 0 aliphatic heterocycles. The fraction of sp³-hybridized carbons (Fsp3) is 0.556. The summed E-state index contributed by atoms with van der Waals surface area (Å²) in [5, 5.41) is 0.885. The highest BCUT2D eigenvalue weighted by atomic mass is 32.2. The average Bonchev–Trinajstić information content (AvgIpc) is 2.97. The molecule has 1 aromatic heterocycles. The summed E-state index contributed by atoms with van der Waals surface area (Å²) in [7, 11) is 0. The molecule has 0 amide bonds. The highest BCUT2D eigenvalue weighted by molar-refractivity contribution is 7.99. The van der Waals surface area contributed by atoms with Crippen LogP contribution in [-0.4, -0.2) is 21.5 Å². The SMILES string of the molecule is SCC1(CSc2ncccn2)CC1. The van der Waals surface area contributed by atoms with Gasteiger partial charge < -0.3 is 0 Å². The van der Waals surface area contributed by atoms with E-state index in [0.29, 0.717) is 5.41 Å². The third kappa shape index (κ3) is 2.38. The van der Waals surface area contributed by atoms with Gasteiger partial charge in [-0.05, 0) is 30.1 Å². The van der Waals surface area contributed by atoms with E-state index in [1.54, 1.807) is 24.2 Å². The molecule has 0 radical (unpaired) electrons. The minimum Gasteiger partial charge on any atom is -0.231 e. The van der Waals surface area contributed by atoms with Gasteiger partial charge in [-0.25, -0.2) is 9.97 Å². The van der Waals surface area contributed by atoms with E-state index >= 15 is 0 Å². The van der Waals surface area contributed by atoms with Crippen LogP contribution >= 0.6 is 24.4 Å². The summed E-state index contributed by atoms with van der Waals surface area (Å²) >= 11 is 6.10.